The average molecular weight is 523 g/mol. The van der Waals surface area contributed by atoms with Gasteiger partial charge in [-0.1, -0.05) is 0 Å². The largest absolute Gasteiger partial charge is 0.372 e. The number of hydrogen-bond acceptors (Lipinski definition) is 8. The number of amides is 1. The summed E-state index contributed by atoms with van der Waals surface area (Å²) in [6.07, 6.45) is 5.39. The SMILES string of the molecule is CCNc1cn2nc(N3CC[C@H](NC)C3)ccc2n1.NC=O.O=Cc1cccn(-c2ccc(F)cc2)c1=O. The second kappa shape index (κ2) is 13.7. The normalized spacial score (nSPS) is 14.2. The fourth-order valence-electron chi connectivity index (χ4n) is 3.92. The first-order valence-electron chi connectivity index (χ1n) is 12.0. The Hall–Kier alpha value is -4.58. The van der Waals surface area contributed by atoms with Gasteiger partial charge in [-0.3, -0.25) is 19.0 Å². The van der Waals surface area contributed by atoms with E-state index in [4.69, 9.17) is 4.79 Å². The first-order valence-corrected chi connectivity index (χ1v) is 12.0. The number of likely N-dealkylation sites (N-methyl/N-ethyl adjacent to an activating group) is 1. The topological polar surface area (TPSA) is 140 Å². The zero-order valence-electron chi connectivity index (χ0n) is 21.3. The van der Waals surface area contributed by atoms with Crippen LogP contribution in [-0.4, -0.2) is 64.6 Å². The Kier molecular flexibility index (Phi) is 10.1. The number of anilines is 2. The minimum atomic E-state index is -0.413. The molecular weight excluding hydrogens is 491 g/mol. The van der Waals surface area contributed by atoms with Crippen LogP contribution in [0.25, 0.3) is 11.3 Å². The van der Waals surface area contributed by atoms with Crippen molar-refractivity contribution in [3.8, 4) is 5.69 Å². The standard InChI is InChI=1S/C13H20N6.C12H8FNO2.CH3NO/c1-3-15-11-9-19-12(16-11)4-5-13(17-19)18-7-6-10(8-18)14-2;13-10-3-5-11(6-4-10)14-7-1-2-9(8-15)12(14)16;2-1-3/h4-5,9-10,14-15H,3,6-8H2,1-2H3;1-8H;1H,(H2,2,3)/t10-;;/m0../s1. The number of nitrogens with two attached hydrogens (primary N) is 1. The molecule has 11 nitrogen and oxygen atoms in total. The van der Waals surface area contributed by atoms with Gasteiger partial charge in [0.05, 0.1) is 11.8 Å². The summed E-state index contributed by atoms with van der Waals surface area (Å²) in [7, 11) is 2.02. The molecule has 0 saturated carbocycles. The van der Waals surface area contributed by atoms with Gasteiger partial charge in [-0.25, -0.2) is 13.9 Å². The summed E-state index contributed by atoms with van der Waals surface area (Å²) in [5.74, 6) is 1.52. The number of nitrogens with one attached hydrogen (secondary N) is 2. The minimum Gasteiger partial charge on any atom is -0.372 e. The number of nitrogens with zero attached hydrogens (tertiary/aromatic N) is 5. The van der Waals surface area contributed by atoms with Crippen molar-refractivity contribution in [1.82, 2.24) is 24.5 Å². The number of rotatable bonds is 6. The second-order valence-corrected chi connectivity index (χ2v) is 8.24. The third-order valence-corrected chi connectivity index (χ3v) is 5.79. The van der Waals surface area contributed by atoms with Crippen LogP contribution in [0.1, 0.15) is 23.7 Å². The summed E-state index contributed by atoms with van der Waals surface area (Å²) >= 11 is 0. The highest BCUT2D eigenvalue weighted by atomic mass is 19.1. The Morgan fingerprint density at radius 1 is 1.16 bits per heavy atom. The molecule has 1 amide bonds. The molecule has 1 fully saturated rings. The van der Waals surface area contributed by atoms with Crippen molar-refractivity contribution in [2.45, 2.75) is 19.4 Å². The summed E-state index contributed by atoms with van der Waals surface area (Å²) in [4.78, 5) is 37.7. The Morgan fingerprint density at radius 3 is 2.53 bits per heavy atom. The predicted molar refractivity (Wildman–Crippen MR) is 144 cm³/mol. The molecule has 0 bridgehead atoms. The Morgan fingerprint density at radius 2 is 1.89 bits per heavy atom. The molecule has 1 saturated heterocycles. The van der Waals surface area contributed by atoms with Gasteiger partial charge in [0.2, 0.25) is 6.41 Å². The number of fused-ring (bicyclic) bond motifs is 1. The van der Waals surface area contributed by atoms with Crippen molar-refractivity contribution in [3.05, 3.63) is 82.7 Å². The summed E-state index contributed by atoms with van der Waals surface area (Å²) < 4.78 is 15.8. The fraction of sp³-hybridized carbons (Fsp3) is 0.269. The quantitative estimate of drug-likeness (QED) is 0.326. The smallest absolute Gasteiger partial charge is 0.265 e. The number of halogens is 1. The number of aromatic nitrogens is 4. The lowest BCUT2D eigenvalue weighted by atomic mass is 10.2. The van der Waals surface area contributed by atoms with E-state index in [2.05, 4.69) is 44.3 Å². The van der Waals surface area contributed by atoms with Crippen LogP contribution in [-0.2, 0) is 4.79 Å². The average Bonchev–Trinajstić information content (AvgIpc) is 3.57. The van der Waals surface area contributed by atoms with Crippen molar-refractivity contribution in [3.63, 3.8) is 0 Å². The van der Waals surface area contributed by atoms with Crippen LogP contribution in [0.5, 0.6) is 0 Å². The first-order chi connectivity index (χ1) is 18.4. The molecule has 1 aliphatic rings. The molecule has 0 unspecified atom stereocenters. The zero-order chi connectivity index (χ0) is 27.5. The van der Waals surface area contributed by atoms with E-state index in [1.54, 1.807) is 6.07 Å². The molecule has 12 heteroatoms. The van der Waals surface area contributed by atoms with Crippen LogP contribution in [0.15, 0.2) is 65.7 Å². The van der Waals surface area contributed by atoms with Crippen molar-refractivity contribution >= 4 is 30.0 Å². The maximum absolute atomic E-state index is 12.7. The first kappa shape index (κ1) is 28.0. The molecule has 38 heavy (non-hydrogen) atoms. The molecule has 0 spiro atoms. The number of imidazole rings is 1. The van der Waals surface area contributed by atoms with E-state index in [0.29, 0.717) is 18.0 Å². The van der Waals surface area contributed by atoms with Gasteiger partial charge in [0.25, 0.3) is 5.56 Å². The molecule has 0 radical (unpaired) electrons. The highest BCUT2D eigenvalue weighted by Gasteiger charge is 2.22. The molecular formula is C26H31FN8O3. The van der Waals surface area contributed by atoms with Gasteiger partial charge in [-0.15, -0.1) is 5.10 Å². The molecule has 1 atom stereocenters. The number of primary amides is 1. The highest BCUT2D eigenvalue weighted by molar-refractivity contribution is 5.74. The number of carbonyl (C=O) groups excluding carboxylic acids is 2. The fourth-order valence-corrected chi connectivity index (χ4v) is 3.92. The van der Waals surface area contributed by atoms with E-state index in [0.717, 1.165) is 36.9 Å². The molecule has 4 aromatic rings. The summed E-state index contributed by atoms with van der Waals surface area (Å²) in [5, 5.41) is 11.2. The van der Waals surface area contributed by atoms with Gasteiger partial charge in [0, 0.05) is 37.6 Å². The van der Waals surface area contributed by atoms with Crippen molar-refractivity contribution in [1.29, 1.82) is 0 Å². The molecule has 200 valence electrons. The van der Waals surface area contributed by atoms with E-state index in [9.17, 15) is 14.0 Å². The summed E-state index contributed by atoms with van der Waals surface area (Å²) in [5.41, 5.74) is 5.23. The number of pyridine rings is 1. The Bertz CT molecular complexity index is 1400. The molecule has 4 heterocycles. The Labute approximate surface area is 219 Å². The van der Waals surface area contributed by atoms with Crippen LogP contribution in [0.4, 0.5) is 16.0 Å². The third kappa shape index (κ3) is 7.01. The molecule has 3 aromatic heterocycles. The van der Waals surface area contributed by atoms with Gasteiger partial charge < -0.3 is 21.3 Å². The van der Waals surface area contributed by atoms with Crippen molar-refractivity contribution in [2.75, 3.05) is 36.9 Å². The predicted octanol–water partition coefficient (Wildman–Crippen LogP) is 1.85. The number of hydrogen-bond donors (Lipinski definition) is 3. The van der Waals surface area contributed by atoms with E-state index in [1.807, 2.05) is 23.8 Å². The van der Waals surface area contributed by atoms with Crippen LogP contribution >= 0.6 is 0 Å². The lowest BCUT2D eigenvalue weighted by Gasteiger charge is -2.16. The van der Waals surface area contributed by atoms with Gasteiger partial charge in [-0.2, -0.15) is 0 Å². The van der Waals surface area contributed by atoms with Gasteiger partial charge >= 0.3 is 0 Å². The van der Waals surface area contributed by atoms with Gasteiger partial charge in [-0.05, 0) is 68.9 Å². The molecule has 1 aromatic carbocycles. The molecule has 4 N–H and O–H groups in total. The minimum absolute atomic E-state index is 0.0758. The molecule has 0 aliphatic carbocycles. The van der Waals surface area contributed by atoms with Crippen LogP contribution in [0.2, 0.25) is 0 Å². The van der Waals surface area contributed by atoms with Crippen molar-refractivity contribution < 1.29 is 14.0 Å². The zero-order valence-corrected chi connectivity index (χ0v) is 21.3. The van der Waals surface area contributed by atoms with Gasteiger partial charge in [0.15, 0.2) is 11.9 Å². The van der Waals surface area contributed by atoms with Crippen LogP contribution in [0, 0.1) is 5.82 Å². The summed E-state index contributed by atoms with van der Waals surface area (Å²) in [6, 6.07) is 13.1. The lowest BCUT2D eigenvalue weighted by Crippen LogP contribution is -2.30. The number of benzene rings is 1. The third-order valence-electron chi connectivity index (χ3n) is 5.79. The van der Waals surface area contributed by atoms with E-state index in [-0.39, 0.29) is 17.8 Å². The molecule has 1 aliphatic heterocycles. The van der Waals surface area contributed by atoms with Crippen LogP contribution in [0.3, 0.4) is 0 Å². The van der Waals surface area contributed by atoms with E-state index >= 15 is 0 Å². The monoisotopic (exact) mass is 522 g/mol. The van der Waals surface area contributed by atoms with E-state index < -0.39 is 5.56 Å². The van der Waals surface area contributed by atoms with E-state index in [1.165, 1.54) is 47.5 Å². The van der Waals surface area contributed by atoms with Crippen molar-refractivity contribution in [2.24, 2.45) is 5.73 Å². The number of aldehydes is 1. The summed E-state index contributed by atoms with van der Waals surface area (Å²) in [6.45, 7) is 5.00. The molecule has 5 rings (SSSR count). The van der Waals surface area contributed by atoms with Crippen LogP contribution < -0.4 is 26.8 Å². The maximum atomic E-state index is 12.7. The maximum Gasteiger partial charge on any atom is 0.265 e. The lowest BCUT2D eigenvalue weighted by molar-refractivity contribution is -0.106. The highest BCUT2D eigenvalue weighted by Crippen LogP contribution is 2.19. The second-order valence-electron chi connectivity index (χ2n) is 8.24. The number of carbonyl (C=O) groups is 2. The Balaban J connectivity index is 0.000000194. The van der Waals surface area contributed by atoms with Gasteiger partial charge in [0.1, 0.15) is 17.5 Å².